The summed E-state index contributed by atoms with van der Waals surface area (Å²) in [6.45, 7) is 6.22. The standard InChI is InChI=1S/C16H23N3.HI/c1-3-17-16(19-15-8-11(15)2)18-10-13-9-12-6-4-5-7-14(12)13;/h4-7,11,13,15H,3,8-10H2,1-2H3,(H2,17,18,19);1H. The minimum absolute atomic E-state index is 0. The number of halogens is 1. The average molecular weight is 385 g/mol. The van der Waals surface area contributed by atoms with Gasteiger partial charge in [0.2, 0.25) is 0 Å². The van der Waals surface area contributed by atoms with E-state index in [9.17, 15) is 0 Å². The Bertz CT molecular complexity index is 486. The molecule has 2 aliphatic rings. The Morgan fingerprint density at radius 2 is 2.10 bits per heavy atom. The highest BCUT2D eigenvalue weighted by molar-refractivity contribution is 14.0. The lowest BCUT2D eigenvalue weighted by Crippen LogP contribution is -2.39. The van der Waals surface area contributed by atoms with E-state index in [0.717, 1.165) is 25.0 Å². The third-order valence-corrected chi connectivity index (χ3v) is 4.21. The molecule has 3 unspecified atom stereocenters. The molecular formula is C16H24IN3. The molecule has 1 saturated carbocycles. The molecule has 0 spiro atoms. The van der Waals surface area contributed by atoms with Gasteiger partial charge in [-0.05, 0) is 36.8 Å². The second-order valence-electron chi connectivity index (χ2n) is 5.78. The van der Waals surface area contributed by atoms with Gasteiger partial charge >= 0.3 is 0 Å². The first-order valence-corrected chi connectivity index (χ1v) is 7.40. The fourth-order valence-corrected chi connectivity index (χ4v) is 2.75. The summed E-state index contributed by atoms with van der Waals surface area (Å²) < 4.78 is 0. The molecule has 0 heterocycles. The van der Waals surface area contributed by atoms with Crippen LogP contribution >= 0.6 is 24.0 Å². The van der Waals surface area contributed by atoms with E-state index in [2.05, 4.69) is 48.7 Å². The Morgan fingerprint density at radius 3 is 2.75 bits per heavy atom. The first kappa shape index (κ1) is 15.6. The first-order chi connectivity index (χ1) is 9.28. The topological polar surface area (TPSA) is 36.4 Å². The first-order valence-electron chi connectivity index (χ1n) is 7.40. The lowest BCUT2D eigenvalue weighted by molar-refractivity contribution is 0.614. The summed E-state index contributed by atoms with van der Waals surface area (Å²) in [6.07, 6.45) is 2.45. The maximum absolute atomic E-state index is 4.74. The smallest absolute Gasteiger partial charge is 0.191 e. The fraction of sp³-hybridized carbons (Fsp3) is 0.562. The van der Waals surface area contributed by atoms with Gasteiger partial charge in [-0.3, -0.25) is 4.99 Å². The molecule has 3 nitrogen and oxygen atoms in total. The maximum atomic E-state index is 4.74. The van der Waals surface area contributed by atoms with Gasteiger partial charge in [-0.15, -0.1) is 24.0 Å². The van der Waals surface area contributed by atoms with Crippen molar-refractivity contribution in [2.24, 2.45) is 10.9 Å². The average Bonchev–Trinajstić information content (AvgIpc) is 3.06. The summed E-state index contributed by atoms with van der Waals surface area (Å²) in [5.41, 5.74) is 2.98. The second kappa shape index (κ2) is 6.78. The number of aliphatic imine (C=N–C) groups is 1. The van der Waals surface area contributed by atoms with Crippen LogP contribution in [-0.4, -0.2) is 25.1 Å². The van der Waals surface area contributed by atoms with Crippen LogP contribution in [0.5, 0.6) is 0 Å². The summed E-state index contributed by atoms with van der Waals surface area (Å²) in [7, 11) is 0. The molecule has 110 valence electrons. The number of nitrogens with zero attached hydrogens (tertiary/aromatic N) is 1. The van der Waals surface area contributed by atoms with Crippen LogP contribution in [0.3, 0.4) is 0 Å². The Kier molecular flexibility index (Phi) is 5.29. The Hall–Kier alpha value is -0.780. The predicted octanol–water partition coefficient (Wildman–Crippen LogP) is 2.91. The van der Waals surface area contributed by atoms with Gasteiger partial charge in [-0.25, -0.2) is 0 Å². The number of guanidine groups is 1. The predicted molar refractivity (Wildman–Crippen MR) is 95.0 cm³/mol. The normalized spacial score (nSPS) is 26.9. The monoisotopic (exact) mass is 385 g/mol. The summed E-state index contributed by atoms with van der Waals surface area (Å²) in [5.74, 6) is 2.40. The molecule has 1 fully saturated rings. The molecule has 4 heteroatoms. The maximum Gasteiger partial charge on any atom is 0.191 e. The molecule has 3 atom stereocenters. The van der Waals surface area contributed by atoms with E-state index < -0.39 is 0 Å². The number of benzene rings is 1. The van der Waals surface area contributed by atoms with Crippen LogP contribution in [0.4, 0.5) is 0 Å². The van der Waals surface area contributed by atoms with E-state index >= 15 is 0 Å². The molecule has 0 saturated heterocycles. The second-order valence-corrected chi connectivity index (χ2v) is 5.78. The summed E-state index contributed by atoms with van der Waals surface area (Å²) in [5, 5.41) is 6.85. The van der Waals surface area contributed by atoms with Crippen molar-refractivity contribution in [3.63, 3.8) is 0 Å². The zero-order chi connectivity index (χ0) is 13.2. The zero-order valence-electron chi connectivity index (χ0n) is 12.2. The van der Waals surface area contributed by atoms with Crippen LogP contribution in [0.2, 0.25) is 0 Å². The van der Waals surface area contributed by atoms with Crippen LogP contribution < -0.4 is 10.6 Å². The van der Waals surface area contributed by atoms with Crippen molar-refractivity contribution < 1.29 is 0 Å². The molecule has 0 bridgehead atoms. The number of hydrogen-bond donors (Lipinski definition) is 2. The number of fused-ring (bicyclic) bond motifs is 1. The van der Waals surface area contributed by atoms with E-state index in [-0.39, 0.29) is 24.0 Å². The summed E-state index contributed by atoms with van der Waals surface area (Å²) in [4.78, 5) is 4.74. The van der Waals surface area contributed by atoms with E-state index in [4.69, 9.17) is 4.99 Å². The highest BCUT2D eigenvalue weighted by atomic mass is 127. The van der Waals surface area contributed by atoms with Gasteiger partial charge in [0.05, 0.1) is 0 Å². The summed E-state index contributed by atoms with van der Waals surface area (Å²) >= 11 is 0. The third-order valence-electron chi connectivity index (χ3n) is 4.21. The van der Waals surface area contributed by atoms with Gasteiger partial charge in [0.25, 0.3) is 0 Å². The highest BCUT2D eigenvalue weighted by Crippen LogP contribution is 2.34. The van der Waals surface area contributed by atoms with E-state index in [1.54, 1.807) is 0 Å². The largest absolute Gasteiger partial charge is 0.357 e. The SMILES string of the molecule is CCNC(=NCC1Cc2ccccc21)NC1CC1C.I. The summed E-state index contributed by atoms with van der Waals surface area (Å²) in [6, 6.07) is 9.35. The third kappa shape index (κ3) is 3.45. The van der Waals surface area contributed by atoms with Crippen LogP contribution in [0.15, 0.2) is 29.3 Å². The molecular weight excluding hydrogens is 361 g/mol. The molecule has 2 aliphatic carbocycles. The quantitative estimate of drug-likeness (QED) is 0.475. The molecule has 3 rings (SSSR count). The van der Waals surface area contributed by atoms with Crippen molar-refractivity contribution in [1.82, 2.24) is 10.6 Å². The highest BCUT2D eigenvalue weighted by Gasteiger charge is 2.33. The number of rotatable bonds is 4. The van der Waals surface area contributed by atoms with E-state index in [0.29, 0.717) is 12.0 Å². The van der Waals surface area contributed by atoms with Crippen molar-refractivity contribution in [3.05, 3.63) is 35.4 Å². The molecule has 0 aromatic heterocycles. The van der Waals surface area contributed by atoms with Gasteiger partial charge in [0, 0.05) is 25.0 Å². The van der Waals surface area contributed by atoms with Crippen molar-refractivity contribution in [2.45, 2.75) is 38.6 Å². The minimum Gasteiger partial charge on any atom is -0.357 e. The zero-order valence-corrected chi connectivity index (χ0v) is 14.6. The van der Waals surface area contributed by atoms with Crippen molar-refractivity contribution in [3.8, 4) is 0 Å². The lowest BCUT2D eigenvalue weighted by Gasteiger charge is -2.29. The molecule has 0 radical (unpaired) electrons. The van der Waals surface area contributed by atoms with E-state index in [1.807, 2.05) is 0 Å². The molecule has 1 aromatic rings. The van der Waals surface area contributed by atoms with E-state index in [1.165, 1.54) is 24.0 Å². The minimum atomic E-state index is 0. The molecule has 0 aliphatic heterocycles. The van der Waals surface area contributed by atoms with Crippen LogP contribution in [0.25, 0.3) is 0 Å². The molecule has 1 aromatic carbocycles. The fourth-order valence-electron chi connectivity index (χ4n) is 2.75. The van der Waals surface area contributed by atoms with Gasteiger partial charge in [-0.2, -0.15) is 0 Å². The van der Waals surface area contributed by atoms with Crippen molar-refractivity contribution in [2.75, 3.05) is 13.1 Å². The Balaban J connectivity index is 0.00000147. The number of hydrogen-bond acceptors (Lipinski definition) is 1. The lowest BCUT2D eigenvalue weighted by atomic mass is 9.78. The Labute approximate surface area is 138 Å². The molecule has 20 heavy (non-hydrogen) atoms. The van der Waals surface area contributed by atoms with Gasteiger partial charge in [0.1, 0.15) is 0 Å². The number of nitrogens with one attached hydrogen (secondary N) is 2. The van der Waals surface area contributed by atoms with Crippen molar-refractivity contribution >= 4 is 29.9 Å². The van der Waals surface area contributed by atoms with Crippen LogP contribution in [0, 0.1) is 5.92 Å². The Morgan fingerprint density at radius 1 is 1.35 bits per heavy atom. The van der Waals surface area contributed by atoms with Crippen molar-refractivity contribution in [1.29, 1.82) is 0 Å². The molecule has 2 N–H and O–H groups in total. The van der Waals surface area contributed by atoms with Gasteiger partial charge in [0.15, 0.2) is 5.96 Å². The van der Waals surface area contributed by atoms with Crippen LogP contribution in [0.1, 0.15) is 37.3 Å². The van der Waals surface area contributed by atoms with Gasteiger partial charge in [-0.1, -0.05) is 31.2 Å². The molecule has 0 amide bonds. The van der Waals surface area contributed by atoms with Gasteiger partial charge < -0.3 is 10.6 Å². The van der Waals surface area contributed by atoms with Crippen LogP contribution in [-0.2, 0) is 6.42 Å².